The standard InChI is InChI=1S/C64H84IN3O20S3/c1-13-67-40-30-81-45(28-44(40)77-9)86-57-52(73)50(68-88-46-27-41(70)59(35(6)82-46)90-60(75)47-32(3)49(65)55(58(80-12)54(47)78-10)87-61-53(74)56(79-11)51(72)34(5)84-61)33(4)83-62(57)85-43-18-16-14-15-17-24-64(76)29-42(71)38(26-31(2)69)48(43)39(64)23-25-89-91-63(7,8)36-19-21-37(66)22-20-36/h14-15,19-23,33-35,40-41,43-46,50-53,56-57,59,61-62,67-68,70,72-74,76H,13,25-30,66H2,1-12H3/b15-14-,39-23+/t33-,34+,35-,40+,41+,43+,44+,45+,46+,50-,51+,52+,53-,56-,57-,59-,61+,62+,64+/m1/s1. The molecule has 0 spiro atoms. The Morgan fingerprint density at radius 2 is 1.58 bits per heavy atom. The zero-order chi connectivity index (χ0) is 66.2. The molecular weight excluding hydrogens is 1350 g/mol. The first kappa shape index (κ1) is 72.9. The lowest BCUT2D eigenvalue weighted by Gasteiger charge is -2.46. The number of nitrogens with two attached hydrogens (primary N) is 1. The van der Waals surface area contributed by atoms with E-state index in [1.54, 1.807) is 51.7 Å². The molecule has 9 N–H and O–H groups in total. The summed E-state index contributed by atoms with van der Waals surface area (Å²) in [4.78, 5) is 48.1. The summed E-state index contributed by atoms with van der Waals surface area (Å²) in [6, 6.07) is 6.38. The van der Waals surface area contributed by atoms with Crippen LogP contribution in [-0.2, 0) is 57.1 Å². The second kappa shape index (κ2) is 32.2. The van der Waals surface area contributed by atoms with Crippen molar-refractivity contribution in [1.29, 1.82) is 0 Å². The van der Waals surface area contributed by atoms with Crippen molar-refractivity contribution in [2.75, 3.05) is 53.1 Å². The summed E-state index contributed by atoms with van der Waals surface area (Å²) in [5.41, 5.74) is 9.61. The number of likely N-dealkylation sites (N-methyl/N-ethyl adjacent to an activating group) is 1. The molecule has 2 aromatic rings. The first-order valence-corrected chi connectivity index (χ1v) is 34.2. The van der Waals surface area contributed by atoms with Crippen LogP contribution in [0.3, 0.4) is 0 Å². The third kappa shape index (κ3) is 16.9. The third-order valence-corrected chi connectivity index (χ3v) is 22.4. The highest BCUT2D eigenvalue weighted by atomic mass is 127. The summed E-state index contributed by atoms with van der Waals surface area (Å²) in [5, 5.41) is 60.7. The molecule has 500 valence electrons. The van der Waals surface area contributed by atoms with Crippen LogP contribution in [-0.4, -0.2) is 205 Å². The molecular formula is C64H84IN3O20S3. The second-order valence-corrected chi connectivity index (χ2v) is 28.6. The first-order chi connectivity index (χ1) is 43.3. The summed E-state index contributed by atoms with van der Waals surface area (Å²) >= 11 is 2.84. The van der Waals surface area contributed by atoms with E-state index in [0.29, 0.717) is 27.1 Å². The number of nitrogen functional groups attached to an aromatic ring is 1. The number of methoxy groups -OCH3 is 4. The number of carbonyl (C=O) groups is 3. The van der Waals surface area contributed by atoms with E-state index in [1.165, 1.54) is 51.2 Å². The number of nitrogens with one attached hydrogen (secondary N) is 2. The van der Waals surface area contributed by atoms with Crippen molar-refractivity contribution in [3.63, 3.8) is 0 Å². The highest BCUT2D eigenvalue weighted by Gasteiger charge is 2.52. The Bertz CT molecular complexity index is 3140. The van der Waals surface area contributed by atoms with Gasteiger partial charge in [0.25, 0.3) is 0 Å². The molecule has 27 heteroatoms. The molecule has 0 aromatic heterocycles. The Morgan fingerprint density at radius 1 is 0.879 bits per heavy atom. The van der Waals surface area contributed by atoms with Gasteiger partial charge in [0, 0.05) is 66.4 Å². The molecule has 23 nitrogen and oxygen atoms in total. The highest BCUT2D eigenvalue weighted by Crippen LogP contribution is 2.50. The van der Waals surface area contributed by atoms with Crippen molar-refractivity contribution in [3.05, 3.63) is 79.5 Å². The molecule has 4 fully saturated rings. The van der Waals surface area contributed by atoms with Gasteiger partial charge in [0.2, 0.25) is 17.2 Å². The lowest BCUT2D eigenvalue weighted by molar-refractivity contribution is -0.336. The summed E-state index contributed by atoms with van der Waals surface area (Å²) in [7, 11) is 8.78. The second-order valence-electron chi connectivity index (χ2n) is 23.4. The Morgan fingerprint density at radius 3 is 2.24 bits per heavy atom. The molecule has 4 saturated heterocycles. The van der Waals surface area contributed by atoms with Gasteiger partial charge >= 0.3 is 0 Å². The zero-order valence-corrected chi connectivity index (χ0v) is 57.5. The van der Waals surface area contributed by atoms with Gasteiger partial charge < -0.3 is 88.7 Å². The maximum absolute atomic E-state index is 14.5. The fraction of sp³-hybridized carbons (Fsp3) is 0.609. The average molecular weight is 1440 g/mol. The minimum Gasteiger partial charge on any atom is -0.492 e. The minimum absolute atomic E-state index is 0.0290. The molecule has 6 aliphatic rings. The Hall–Kier alpha value is -3.87. The third-order valence-electron chi connectivity index (χ3n) is 16.6. The number of thioether (sulfide) groups is 1. The first-order valence-electron chi connectivity index (χ1n) is 30.0. The molecule has 4 heterocycles. The largest absolute Gasteiger partial charge is 0.492 e. The number of allylic oxidation sites excluding steroid dienone is 3. The van der Waals surface area contributed by atoms with E-state index in [9.17, 15) is 39.9 Å². The minimum atomic E-state index is -2.03. The van der Waals surface area contributed by atoms with Crippen molar-refractivity contribution >= 4 is 78.3 Å². The van der Waals surface area contributed by atoms with E-state index in [4.69, 9.17) is 62.7 Å². The van der Waals surface area contributed by atoms with Crippen LogP contribution in [0.15, 0.2) is 59.2 Å². The quantitative estimate of drug-likeness (QED) is 0.0169. The Labute approximate surface area is 557 Å². The number of fused-ring (bicyclic) bond motifs is 2. The SMILES string of the molecule is CCN[C@H]1CO[C@@H](O[C@H]2[C@H](O[C@H]3C#C/C=C\C#C[C@]4(O)CC(=O)C(CC(C)=O)=C3/C4=C\CSSC(C)(C)c3ccc(N)cc3)O[C@H](C)[C@@H](NO[C@H]3C[C@H](O)[C@H](SC(=O)c4c(C)c(I)c(O[C@@H]5O[C@@H](C)[C@H](O)[C@@H](OC)[C@H]5O)c(OC)c4OC)[C@@H](C)O3)[C@@H]2O)C[C@@H]1OC. The predicted octanol–water partition coefficient (Wildman–Crippen LogP) is 5.10. The Kier molecular flexibility index (Phi) is 25.8. The van der Waals surface area contributed by atoms with Crippen molar-refractivity contribution in [2.24, 2.45) is 0 Å². The molecule has 0 radical (unpaired) electrons. The number of benzene rings is 2. The molecule has 8 rings (SSSR count). The molecule has 19 atom stereocenters. The smallest absolute Gasteiger partial charge is 0.229 e. The molecule has 91 heavy (non-hydrogen) atoms. The van der Waals surface area contributed by atoms with Gasteiger partial charge in [0.1, 0.15) is 42.4 Å². The number of hydroxylamine groups is 1. The molecule has 4 aliphatic heterocycles. The molecule has 0 saturated carbocycles. The normalized spacial score (nSPS) is 34.3. The van der Waals surface area contributed by atoms with E-state index in [2.05, 4.69) is 48.3 Å². The van der Waals surface area contributed by atoms with Gasteiger partial charge in [0.15, 0.2) is 41.8 Å². The van der Waals surface area contributed by atoms with Crippen LogP contribution in [0.25, 0.3) is 0 Å². The lowest BCUT2D eigenvalue weighted by atomic mass is 9.72. The van der Waals surface area contributed by atoms with Gasteiger partial charge in [-0.2, -0.15) is 5.48 Å². The fourth-order valence-electron chi connectivity index (χ4n) is 11.8. The van der Waals surface area contributed by atoms with E-state index < -0.39 is 120 Å². The van der Waals surface area contributed by atoms with Crippen molar-refractivity contribution in [3.8, 4) is 40.9 Å². The molecule has 2 bridgehead atoms. The number of aliphatic hydroxyl groups is 5. The summed E-state index contributed by atoms with van der Waals surface area (Å²) in [6.07, 6.45) is -12.7. The van der Waals surface area contributed by atoms with Crippen LogP contribution in [0.4, 0.5) is 5.69 Å². The number of halogens is 1. The summed E-state index contributed by atoms with van der Waals surface area (Å²) < 4.78 is 67.8. The van der Waals surface area contributed by atoms with Crippen LogP contribution in [0.1, 0.15) is 95.6 Å². The van der Waals surface area contributed by atoms with E-state index in [-0.39, 0.29) is 88.1 Å². The van der Waals surface area contributed by atoms with Crippen molar-refractivity contribution in [1.82, 2.24) is 10.8 Å². The van der Waals surface area contributed by atoms with Gasteiger partial charge in [-0.3, -0.25) is 19.2 Å². The van der Waals surface area contributed by atoms with Crippen LogP contribution in [0.2, 0.25) is 0 Å². The van der Waals surface area contributed by atoms with Crippen LogP contribution in [0.5, 0.6) is 17.2 Å². The molecule has 2 aromatic carbocycles. The summed E-state index contributed by atoms with van der Waals surface area (Å²) in [5.74, 6) is 11.5. The maximum Gasteiger partial charge on any atom is 0.229 e. The summed E-state index contributed by atoms with van der Waals surface area (Å²) in [6.45, 7) is 15.0. The molecule has 0 amide bonds. The number of carbonyl (C=O) groups excluding carboxylic acids is 3. The predicted molar refractivity (Wildman–Crippen MR) is 350 cm³/mol. The fourth-order valence-corrected chi connectivity index (χ4v) is 15.9. The van der Waals surface area contributed by atoms with Crippen molar-refractivity contribution in [2.45, 2.75) is 201 Å². The number of anilines is 1. The van der Waals surface area contributed by atoms with Crippen LogP contribution in [0, 0.1) is 34.2 Å². The van der Waals surface area contributed by atoms with Gasteiger partial charge in [-0.05, 0) is 113 Å². The van der Waals surface area contributed by atoms with Crippen LogP contribution >= 0.6 is 55.9 Å². The monoisotopic (exact) mass is 1440 g/mol. The van der Waals surface area contributed by atoms with Crippen molar-refractivity contribution < 1.29 is 96.9 Å². The Balaban J connectivity index is 1.03. The number of hydrogen-bond donors (Lipinski definition) is 8. The van der Waals surface area contributed by atoms with E-state index >= 15 is 0 Å². The maximum atomic E-state index is 14.5. The molecule has 2 aliphatic carbocycles. The number of Topliss-reactive ketones (excluding diaryl/α,β-unsaturated/α-hetero) is 2. The van der Waals surface area contributed by atoms with Crippen LogP contribution < -0.4 is 30.7 Å². The van der Waals surface area contributed by atoms with Gasteiger partial charge in [-0.15, -0.1) is 0 Å². The van der Waals surface area contributed by atoms with Gasteiger partial charge in [-0.1, -0.05) is 82.2 Å². The molecule has 0 unspecified atom stereocenters. The number of aliphatic hydroxyl groups excluding tert-OH is 4. The van der Waals surface area contributed by atoms with Gasteiger partial charge in [0.05, 0.1) is 84.2 Å². The van der Waals surface area contributed by atoms with Gasteiger partial charge in [-0.25, -0.2) is 0 Å². The zero-order valence-electron chi connectivity index (χ0n) is 52.9. The number of hydrogen-bond acceptors (Lipinski definition) is 26. The van der Waals surface area contributed by atoms with E-state index in [1.807, 2.05) is 53.8 Å². The highest BCUT2D eigenvalue weighted by molar-refractivity contribution is 14.1. The lowest BCUT2D eigenvalue weighted by Crippen LogP contribution is -2.65. The topological polar surface area (TPSA) is 313 Å². The number of rotatable bonds is 24. The number of ether oxygens (including phenoxy) is 11. The number of ketones is 2. The van der Waals surface area contributed by atoms with E-state index in [0.717, 1.165) is 17.3 Å². The average Bonchev–Trinajstić information content (AvgIpc) is 0.765.